The first-order chi connectivity index (χ1) is 13.4. The third kappa shape index (κ3) is 9.37. The number of aliphatic carboxylic acids is 1. The topological polar surface area (TPSA) is 194 Å². The van der Waals surface area contributed by atoms with Gasteiger partial charge < -0.3 is 32.5 Å². The molecule has 11 nitrogen and oxygen atoms in total. The molecule has 0 aromatic heterocycles. The Bertz CT molecular complexity index is 612. The van der Waals surface area contributed by atoms with Crippen LogP contribution in [0.2, 0.25) is 0 Å². The third-order valence-electron chi connectivity index (χ3n) is 4.81. The Kier molecular flexibility index (Phi) is 11.5. The molecule has 0 saturated heterocycles. The smallest absolute Gasteiger partial charge is 0.326 e. The molecule has 166 valence electrons. The van der Waals surface area contributed by atoms with E-state index in [1.54, 1.807) is 13.8 Å². The third-order valence-corrected chi connectivity index (χ3v) is 4.81. The Morgan fingerprint density at radius 1 is 0.931 bits per heavy atom. The van der Waals surface area contributed by atoms with Gasteiger partial charge in [-0.25, -0.2) is 4.79 Å². The van der Waals surface area contributed by atoms with Gasteiger partial charge in [-0.1, -0.05) is 40.5 Å². The van der Waals surface area contributed by atoms with Crippen LogP contribution in [0.25, 0.3) is 0 Å². The minimum Gasteiger partial charge on any atom is -0.480 e. The number of carbonyl (C=O) groups is 5. The summed E-state index contributed by atoms with van der Waals surface area (Å²) in [5.41, 5.74) is 10.8. The number of hydrogen-bond acceptors (Lipinski definition) is 6. The van der Waals surface area contributed by atoms with E-state index in [-0.39, 0.29) is 18.4 Å². The van der Waals surface area contributed by atoms with Gasteiger partial charge in [0.1, 0.15) is 12.1 Å². The lowest BCUT2D eigenvalue weighted by Gasteiger charge is -2.25. The zero-order valence-corrected chi connectivity index (χ0v) is 17.4. The maximum atomic E-state index is 12.5. The molecular formula is C18H33N5O6. The molecule has 0 aliphatic carbocycles. The summed E-state index contributed by atoms with van der Waals surface area (Å²) in [6.07, 6.45) is 0.635. The summed E-state index contributed by atoms with van der Waals surface area (Å²) >= 11 is 0. The van der Waals surface area contributed by atoms with E-state index in [1.807, 2.05) is 13.8 Å². The quantitative estimate of drug-likeness (QED) is 0.209. The SMILES string of the molecule is CCC(C)C(N)C(=O)NCC(=O)NC(C(=O)NC(CC(N)=O)C(=O)O)C(C)CC. The number of primary amides is 1. The Morgan fingerprint density at radius 2 is 1.48 bits per heavy atom. The predicted octanol–water partition coefficient (Wildman–Crippen LogP) is -1.55. The lowest BCUT2D eigenvalue weighted by atomic mass is 9.97. The molecule has 8 N–H and O–H groups in total. The van der Waals surface area contributed by atoms with Gasteiger partial charge in [-0.3, -0.25) is 19.2 Å². The summed E-state index contributed by atoms with van der Waals surface area (Å²) in [4.78, 5) is 58.9. The predicted molar refractivity (Wildman–Crippen MR) is 105 cm³/mol. The molecule has 0 fully saturated rings. The van der Waals surface area contributed by atoms with Crippen molar-refractivity contribution in [3.63, 3.8) is 0 Å². The fourth-order valence-corrected chi connectivity index (χ4v) is 2.39. The average molecular weight is 415 g/mol. The molecule has 11 heteroatoms. The van der Waals surface area contributed by atoms with E-state index in [4.69, 9.17) is 16.6 Å². The van der Waals surface area contributed by atoms with E-state index in [2.05, 4.69) is 16.0 Å². The molecule has 5 unspecified atom stereocenters. The normalized spacial score (nSPS) is 15.9. The van der Waals surface area contributed by atoms with Crippen molar-refractivity contribution in [3.05, 3.63) is 0 Å². The van der Waals surface area contributed by atoms with Gasteiger partial charge in [0.25, 0.3) is 0 Å². The van der Waals surface area contributed by atoms with Crippen molar-refractivity contribution in [2.24, 2.45) is 23.3 Å². The van der Waals surface area contributed by atoms with Crippen LogP contribution in [0.15, 0.2) is 0 Å². The molecule has 0 spiro atoms. The number of amides is 4. The van der Waals surface area contributed by atoms with Crippen LogP contribution in [0.1, 0.15) is 47.0 Å². The van der Waals surface area contributed by atoms with Crippen molar-refractivity contribution in [1.82, 2.24) is 16.0 Å². The van der Waals surface area contributed by atoms with Gasteiger partial charge in [-0.15, -0.1) is 0 Å². The first kappa shape index (κ1) is 26.3. The van der Waals surface area contributed by atoms with Crippen molar-refractivity contribution in [2.45, 2.75) is 65.1 Å². The van der Waals surface area contributed by atoms with Crippen LogP contribution in [0.5, 0.6) is 0 Å². The summed E-state index contributed by atoms with van der Waals surface area (Å²) in [6.45, 7) is 6.82. The minimum absolute atomic E-state index is 0.0603. The molecule has 0 rings (SSSR count). The fourth-order valence-electron chi connectivity index (χ4n) is 2.39. The maximum Gasteiger partial charge on any atom is 0.326 e. The number of carboxylic acids is 1. The van der Waals surface area contributed by atoms with Gasteiger partial charge in [-0.05, 0) is 11.8 Å². The van der Waals surface area contributed by atoms with Crippen molar-refractivity contribution in [1.29, 1.82) is 0 Å². The van der Waals surface area contributed by atoms with Crippen LogP contribution in [-0.4, -0.2) is 59.4 Å². The highest BCUT2D eigenvalue weighted by Gasteiger charge is 2.30. The molecule has 0 bridgehead atoms. The molecule has 29 heavy (non-hydrogen) atoms. The van der Waals surface area contributed by atoms with Crippen LogP contribution in [0, 0.1) is 11.8 Å². The van der Waals surface area contributed by atoms with Crippen molar-refractivity contribution < 1.29 is 29.1 Å². The van der Waals surface area contributed by atoms with Crippen LogP contribution < -0.4 is 27.4 Å². The van der Waals surface area contributed by atoms with E-state index in [0.29, 0.717) is 12.8 Å². The highest BCUT2D eigenvalue weighted by Crippen LogP contribution is 2.09. The van der Waals surface area contributed by atoms with Crippen molar-refractivity contribution in [2.75, 3.05) is 6.54 Å². The molecule has 5 atom stereocenters. The lowest BCUT2D eigenvalue weighted by Crippen LogP contribution is -2.56. The molecule has 0 aromatic carbocycles. The van der Waals surface area contributed by atoms with Crippen molar-refractivity contribution >= 4 is 29.6 Å². The van der Waals surface area contributed by atoms with E-state index in [0.717, 1.165) is 0 Å². The van der Waals surface area contributed by atoms with E-state index in [9.17, 15) is 24.0 Å². The Balaban J connectivity index is 5.00. The minimum atomic E-state index is -1.50. The Hall–Kier alpha value is -2.69. The first-order valence-electron chi connectivity index (χ1n) is 9.58. The van der Waals surface area contributed by atoms with Crippen LogP contribution >= 0.6 is 0 Å². The number of hydrogen-bond donors (Lipinski definition) is 6. The van der Waals surface area contributed by atoms with Gasteiger partial charge in [0.2, 0.25) is 23.6 Å². The monoisotopic (exact) mass is 415 g/mol. The molecule has 0 saturated carbocycles. The van der Waals surface area contributed by atoms with E-state index >= 15 is 0 Å². The van der Waals surface area contributed by atoms with E-state index in [1.165, 1.54) is 0 Å². The maximum absolute atomic E-state index is 12.5. The average Bonchev–Trinajstić information content (AvgIpc) is 2.67. The summed E-state index contributed by atoms with van der Waals surface area (Å²) in [6, 6.07) is -3.31. The lowest BCUT2D eigenvalue weighted by molar-refractivity contribution is -0.144. The highest BCUT2D eigenvalue weighted by molar-refractivity contribution is 5.93. The van der Waals surface area contributed by atoms with Gasteiger partial charge in [0.05, 0.1) is 19.0 Å². The largest absolute Gasteiger partial charge is 0.480 e. The molecule has 0 aromatic rings. The number of rotatable bonds is 13. The Labute approximate surface area is 170 Å². The summed E-state index contributed by atoms with van der Waals surface area (Å²) < 4.78 is 0. The number of carboxylic acid groups (broad SMARTS) is 1. The number of nitrogens with two attached hydrogens (primary N) is 2. The highest BCUT2D eigenvalue weighted by atomic mass is 16.4. The zero-order chi connectivity index (χ0) is 22.7. The van der Waals surface area contributed by atoms with Crippen LogP contribution in [0.3, 0.4) is 0 Å². The van der Waals surface area contributed by atoms with E-state index < -0.39 is 54.1 Å². The summed E-state index contributed by atoms with van der Waals surface area (Å²) in [7, 11) is 0. The second-order valence-electron chi connectivity index (χ2n) is 7.13. The second kappa shape index (κ2) is 12.7. The summed E-state index contributed by atoms with van der Waals surface area (Å²) in [5, 5.41) is 16.2. The van der Waals surface area contributed by atoms with Gasteiger partial charge in [-0.2, -0.15) is 0 Å². The van der Waals surface area contributed by atoms with Crippen LogP contribution in [-0.2, 0) is 24.0 Å². The molecule has 0 aliphatic heterocycles. The molecule has 0 aliphatic rings. The number of nitrogens with one attached hydrogen (secondary N) is 3. The van der Waals surface area contributed by atoms with Crippen LogP contribution in [0.4, 0.5) is 0 Å². The molecular weight excluding hydrogens is 382 g/mol. The van der Waals surface area contributed by atoms with Gasteiger partial charge in [0.15, 0.2) is 0 Å². The standard InChI is InChI=1S/C18H33N5O6/c1-5-9(3)14(20)16(26)21-8-13(25)23-15(10(4)6-2)17(27)22-11(18(28)29)7-12(19)24/h9-11,14-15H,5-8,20H2,1-4H3,(H2,19,24)(H,21,26)(H,22,27)(H,23,25)(H,28,29). The number of carbonyl (C=O) groups excluding carboxylic acids is 4. The molecule has 4 amide bonds. The summed E-state index contributed by atoms with van der Waals surface area (Å²) in [5.74, 6) is -4.57. The van der Waals surface area contributed by atoms with Gasteiger partial charge >= 0.3 is 5.97 Å². The first-order valence-corrected chi connectivity index (χ1v) is 9.58. The van der Waals surface area contributed by atoms with Crippen molar-refractivity contribution in [3.8, 4) is 0 Å². The molecule has 0 radical (unpaired) electrons. The Morgan fingerprint density at radius 3 is 1.93 bits per heavy atom. The zero-order valence-electron chi connectivity index (χ0n) is 17.4. The second-order valence-corrected chi connectivity index (χ2v) is 7.13. The fraction of sp³-hybridized carbons (Fsp3) is 0.722. The van der Waals surface area contributed by atoms with Gasteiger partial charge in [0, 0.05) is 0 Å². The molecule has 0 heterocycles.